The molecular formula is C22H27ClFNO2S. The number of thiophene rings is 1. The monoisotopic (exact) mass is 423 g/mol. The van der Waals surface area contributed by atoms with Gasteiger partial charge in [0.15, 0.2) is 0 Å². The molecular weight excluding hydrogens is 397 g/mol. The van der Waals surface area contributed by atoms with Crippen molar-refractivity contribution in [1.29, 1.82) is 0 Å². The van der Waals surface area contributed by atoms with Gasteiger partial charge >= 0.3 is 0 Å². The molecule has 3 nitrogen and oxygen atoms in total. The van der Waals surface area contributed by atoms with Crippen LogP contribution in [-0.4, -0.2) is 25.9 Å². The summed E-state index contributed by atoms with van der Waals surface area (Å²) < 4.78 is 25.2. The smallest absolute Gasteiger partial charge is 0.134 e. The Morgan fingerprint density at radius 3 is 2.61 bits per heavy atom. The summed E-state index contributed by atoms with van der Waals surface area (Å²) in [4.78, 5) is 1.20. The van der Waals surface area contributed by atoms with Crippen LogP contribution in [0.2, 0.25) is 0 Å². The molecule has 0 atom stereocenters. The van der Waals surface area contributed by atoms with Crippen LogP contribution in [0, 0.1) is 5.82 Å². The van der Waals surface area contributed by atoms with Gasteiger partial charge in [0, 0.05) is 19.5 Å². The summed E-state index contributed by atoms with van der Waals surface area (Å²) in [5, 5.41) is 5.59. The zero-order valence-electron chi connectivity index (χ0n) is 16.1. The molecule has 28 heavy (non-hydrogen) atoms. The van der Waals surface area contributed by atoms with E-state index in [1.165, 1.54) is 28.9 Å². The van der Waals surface area contributed by atoms with Gasteiger partial charge in [0.05, 0.1) is 24.2 Å². The number of hydrogen-bond acceptors (Lipinski definition) is 4. The van der Waals surface area contributed by atoms with Crippen molar-refractivity contribution in [3.8, 4) is 5.75 Å². The third-order valence-electron chi connectivity index (χ3n) is 5.73. The zero-order valence-corrected chi connectivity index (χ0v) is 17.8. The molecule has 2 aliphatic rings. The molecule has 0 bridgehead atoms. The van der Waals surface area contributed by atoms with Crippen molar-refractivity contribution >= 4 is 29.3 Å². The highest BCUT2D eigenvalue weighted by atomic mass is 35.5. The minimum absolute atomic E-state index is 0. The first kappa shape index (κ1) is 21.3. The first-order valence-electron chi connectivity index (χ1n) is 9.61. The highest BCUT2D eigenvalue weighted by Gasteiger charge is 2.39. The quantitative estimate of drug-likeness (QED) is 0.656. The number of halogens is 2. The van der Waals surface area contributed by atoms with Crippen molar-refractivity contribution in [2.45, 2.75) is 44.2 Å². The number of methoxy groups -OCH3 is 1. The number of rotatable bonds is 6. The highest BCUT2D eigenvalue weighted by Crippen LogP contribution is 2.44. The molecule has 0 unspecified atom stereocenters. The SMILES string of the molecule is COc1ccsc1CNCC1=C(c2ccc(F)cc2)CC2(CCCC2)OC1.Cl. The average molecular weight is 424 g/mol. The molecule has 2 heterocycles. The second-order valence-corrected chi connectivity index (χ2v) is 8.46. The van der Waals surface area contributed by atoms with Gasteiger partial charge in [-0.15, -0.1) is 23.7 Å². The summed E-state index contributed by atoms with van der Waals surface area (Å²) in [6, 6.07) is 8.92. The minimum atomic E-state index is -0.188. The highest BCUT2D eigenvalue weighted by molar-refractivity contribution is 7.10. The van der Waals surface area contributed by atoms with E-state index >= 15 is 0 Å². The second kappa shape index (κ2) is 9.40. The normalized spacial score (nSPS) is 18.4. The van der Waals surface area contributed by atoms with Crippen LogP contribution in [0.15, 0.2) is 41.3 Å². The van der Waals surface area contributed by atoms with Gasteiger partial charge < -0.3 is 14.8 Å². The molecule has 1 spiro atoms. The molecule has 1 aromatic carbocycles. The fourth-order valence-electron chi connectivity index (χ4n) is 4.25. The maximum absolute atomic E-state index is 13.4. The van der Waals surface area contributed by atoms with Gasteiger partial charge in [0.2, 0.25) is 0 Å². The second-order valence-electron chi connectivity index (χ2n) is 7.46. The first-order chi connectivity index (χ1) is 13.2. The molecule has 2 aromatic rings. The van der Waals surface area contributed by atoms with E-state index in [0.29, 0.717) is 6.61 Å². The maximum Gasteiger partial charge on any atom is 0.134 e. The maximum atomic E-state index is 13.4. The third-order valence-corrected chi connectivity index (χ3v) is 6.64. The number of nitrogens with one attached hydrogen (secondary N) is 1. The van der Waals surface area contributed by atoms with E-state index in [1.54, 1.807) is 30.6 Å². The van der Waals surface area contributed by atoms with Gasteiger partial charge in [0.1, 0.15) is 11.6 Å². The number of ether oxygens (including phenoxy) is 2. The molecule has 1 aromatic heterocycles. The van der Waals surface area contributed by atoms with E-state index in [4.69, 9.17) is 9.47 Å². The molecule has 0 radical (unpaired) electrons. The molecule has 0 amide bonds. The van der Waals surface area contributed by atoms with Gasteiger partial charge in [-0.05, 0) is 53.1 Å². The molecule has 6 heteroatoms. The molecule has 1 aliphatic carbocycles. The Labute approximate surface area is 176 Å². The van der Waals surface area contributed by atoms with Crippen molar-refractivity contribution < 1.29 is 13.9 Å². The van der Waals surface area contributed by atoms with Crippen LogP contribution in [-0.2, 0) is 11.3 Å². The number of benzene rings is 1. The summed E-state index contributed by atoms with van der Waals surface area (Å²) in [7, 11) is 1.71. The Bertz CT molecular complexity index is 812. The predicted octanol–water partition coefficient (Wildman–Crippen LogP) is 5.59. The molecule has 1 fully saturated rings. The molecule has 1 N–H and O–H groups in total. The first-order valence-corrected chi connectivity index (χ1v) is 10.5. The fraction of sp³-hybridized carbons (Fsp3) is 0.455. The van der Waals surface area contributed by atoms with E-state index in [9.17, 15) is 4.39 Å². The summed E-state index contributed by atoms with van der Waals surface area (Å²) >= 11 is 1.70. The van der Waals surface area contributed by atoms with Crippen molar-refractivity contribution in [3.63, 3.8) is 0 Å². The average Bonchev–Trinajstić information content (AvgIpc) is 3.33. The van der Waals surface area contributed by atoms with E-state index < -0.39 is 0 Å². The van der Waals surface area contributed by atoms with Crippen molar-refractivity contribution in [1.82, 2.24) is 5.32 Å². The fourth-order valence-corrected chi connectivity index (χ4v) is 5.06. The van der Waals surface area contributed by atoms with Crippen LogP contribution in [0.4, 0.5) is 4.39 Å². The Morgan fingerprint density at radius 2 is 1.89 bits per heavy atom. The third kappa shape index (κ3) is 4.60. The Hall–Kier alpha value is -1.40. The van der Waals surface area contributed by atoms with Crippen molar-refractivity contribution in [3.05, 3.63) is 57.5 Å². The molecule has 1 saturated carbocycles. The largest absolute Gasteiger partial charge is 0.496 e. The summed E-state index contributed by atoms with van der Waals surface area (Å²) in [6.07, 6.45) is 5.67. The lowest BCUT2D eigenvalue weighted by Crippen LogP contribution is -2.36. The van der Waals surface area contributed by atoms with Gasteiger partial charge in [-0.1, -0.05) is 25.0 Å². The Morgan fingerprint density at radius 1 is 1.14 bits per heavy atom. The molecule has 4 rings (SSSR count). The summed E-state index contributed by atoms with van der Waals surface area (Å²) in [5.41, 5.74) is 3.71. The van der Waals surface area contributed by atoms with Crippen LogP contribution < -0.4 is 10.1 Å². The lowest BCUT2D eigenvalue weighted by molar-refractivity contribution is -0.0325. The predicted molar refractivity (Wildman–Crippen MR) is 115 cm³/mol. The topological polar surface area (TPSA) is 30.5 Å². The zero-order chi connectivity index (χ0) is 18.7. The lowest BCUT2D eigenvalue weighted by Gasteiger charge is -2.37. The van der Waals surface area contributed by atoms with Gasteiger partial charge in [-0.25, -0.2) is 4.39 Å². The molecule has 152 valence electrons. The van der Waals surface area contributed by atoms with Gasteiger partial charge in [0.25, 0.3) is 0 Å². The summed E-state index contributed by atoms with van der Waals surface area (Å²) in [5.74, 6) is 0.747. The van der Waals surface area contributed by atoms with Crippen molar-refractivity contribution in [2.24, 2.45) is 0 Å². The Balaban J connectivity index is 0.00000225. The molecule has 0 saturated heterocycles. The minimum Gasteiger partial charge on any atom is -0.496 e. The summed E-state index contributed by atoms with van der Waals surface area (Å²) in [6.45, 7) is 2.19. The van der Waals surface area contributed by atoms with Crippen LogP contribution in [0.5, 0.6) is 5.75 Å². The van der Waals surface area contributed by atoms with Crippen LogP contribution in [0.1, 0.15) is 42.5 Å². The number of hydrogen-bond donors (Lipinski definition) is 1. The van der Waals surface area contributed by atoms with Crippen LogP contribution in [0.3, 0.4) is 0 Å². The van der Waals surface area contributed by atoms with Crippen molar-refractivity contribution in [2.75, 3.05) is 20.3 Å². The van der Waals surface area contributed by atoms with E-state index in [-0.39, 0.29) is 23.8 Å². The lowest BCUT2D eigenvalue weighted by atomic mass is 9.84. The Kier molecular flexibility index (Phi) is 7.15. The van der Waals surface area contributed by atoms with Crippen LogP contribution in [0.25, 0.3) is 5.57 Å². The van der Waals surface area contributed by atoms with Gasteiger partial charge in [-0.3, -0.25) is 0 Å². The van der Waals surface area contributed by atoms with E-state index in [1.807, 2.05) is 23.6 Å². The van der Waals surface area contributed by atoms with E-state index in [2.05, 4.69) is 5.32 Å². The molecule has 1 aliphatic heterocycles. The van der Waals surface area contributed by atoms with Crippen LogP contribution >= 0.6 is 23.7 Å². The van der Waals surface area contributed by atoms with Gasteiger partial charge in [-0.2, -0.15) is 0 Å². The standard InChI is InChI=1S/C22H26FNO2S.ClH/c1-25-20-8-11-27-21(20)14-24-13-17-15-26-22(9-2-3-10-22)12-19(17)16-4-6-18(23)7-5-16;/h4-8,11,24H,2-3,9-10,12-15H2,1H3;1H. The van der Waals surface area contributed by atoms with E-state index in [0.717, 1.165) is 43.7 Å².